The van der Waals surface area contributed by atoms with Crippen LogP contribution >= 0.6 is 0 Å². The van der Waals surface area contributed by atoms with Crippen molar-refractivity contribution in [3.8, 4) is 0 Å². The summed E-state index contributed by atoms with van der Waals surface area (Å²) in [5.41, 5.74) is 0.331. The Bertz CT molecular complexity index is 383. The van der Waals surface area contributed by atoms with Crippen LogP contribution < -0.4 is 51.4 Å². The van der Waals surface area contributed by atoms with Crippen molar-refractivity contribution in [1.82, 2.24) is 4.31 Å². The number of carbonyl (C=O) groups is 1. The van der Waals surface area contributed by atoms with Gasteiger partial charge in [-0.3, -0.25) is 4.21 Å². The number of aromatic carboxylic acids is 1. The molecule has 0 aliphatic carbocycles. The normalized spacial score (nSPS) is 11.0. The Kier molecular flexibility index (Phi) is 16.3. The van der Waals surface area contributed by atoms with Gasteiger partial charge in [-0.1, -0.05) is 32.0 Å². The van der Waals surface area contributed by atoms with E-state index >= 15 is 0 Å². The third kappa shape index (κ3) is 11.1. The fourth-order valence-electron chi connectivity index (χ4n) is 1.34. The zero-order valence-corrected chi connectivity index (χ0v) is 16.2. The van der Waals surface area contributed by atoms with E-state index < -0.39 is 17.2 Å². The van der Waals surface area contributed by atoms with Crippen LogP contribution in [0.5, 0.6) is 0 Å². The zero-order valence-electron chi connectivity index (χ0n) is 12.2. The molecule has 0 spiro atoms. The summed E-state index contributed by atoms with van der Waals surface area (Å²) in [6.45, 7) is 5.22. The molecule has 0 aliphatic heterocycles. The third-order valence-electron chi connectivity index (χ3n) is 2.18. The van der Waals surface area contributed by atoms with Gasteiger partial charge in [-0.05, 0) is 25.0 Å². The van der Waals surface area contributed by atoms with Crippen LogP contribution in [0.15, 0.2) is 30.3 Å². The van der Waals surface area contributed by atoms with E-state index in [2.05, 4.69) is 0 Å². The summed E-state index contributed by atoms with van der Waals surface area (Å²) in [7, 11) is 0. The summed E-state index contributed by atoms with van der Waals surface area (Å²) < 4.78 is 22.3. The number of hydrogen-bond donors (Lipinski definition) is 1. The number of hydrogen-bond acceptors (Lipinski definition) is 3. The van der Waals surface area contributed by atoms with Crippen molar-refractivity contribution in [1.29, 1.82) is 0 Å². The maximum atomic E-state index is 10.4. The van der Waals surface area contributed by atoms with Gasteiger partial charge in [0.15, 0.2) is 0 Å². The predicted molar refractivity (Wildman–Crippen MR) is 74.5 cm³/mol. The summed E-state index contributed by atoms with van der Waals surface area (Å²) in [5.74, 6) is -0.879. The second-order valence-corrected chi connectivity index (χ2v) is 4.77. The standard InChI is InChI=1S/C7H6O2.C6H15NO2S.K/c8-7(9)6-4-2-1-3-5-6;1-3-5-7(6-4-2)10(8)9;/h1-5H,(H,8,9);3-6H2,1-2H3,(H,8,9);/q;;+1/p-1. The summed E-state index contributed by atoms with van der Waals surface area (Å²) in [6, 6.07) is 8.30. The first-order valence-corrected chi connectivity index (χ1v) is 7.18. The van der Waals surface area contributed by atoms with Crippen molar-refractivity contribution in [2.24, 2.45) is 0 Å². The Morgan fingerprint density at radius 2 is 1.65 bits per heavy atom. The van der Waals surface area contributed by atoms with Crippen molar-refractivity contribution in [2.45, 2.75) is 26.7 Å². The maximum absolute atomic E-state index is 10.4. The molecule has 0 radical (unpaired) electrons. The fraction of sp³-hybridized carbons (Fsp3) is 0.462. The summed E-state index contributed by atoms with van der Waals surface area (Å²) in [4.78, 5) is 10.2. The number of carboxylic acid groups (broad SMARTS) is 1. The average Bonchev–Trinajstić information content (AvgIpc) is 2.40. The monoisotopic (exact) mass is 325 g/mol. The molecule has 1 atom stereocenters. The molecule has 0 amide bonds. The van der Waals surface area contributed by atoms with Gasteiger partial charge < -0.3 is 9.66 Å². The van der Waals surface area contributed by atoms with Crippen LogP contribution in [0.4, 0.5) is 0 Å². The van der Waals surface area contributed by atoms with Crippen LogP contribution in [-0.2, 0) is 11.3 Å². The molecule has 1 N–H and O–H groups in total. The quantitative estimate of drug-likeness (QED) is 0.553. The molecule has 0 saturated heterocycles. The molecule has 0 bridgehead atoms. The van der Waals surface area contributed by atoms with Crippen molar-refractivity contribution in [3.63, 3.8) is 0 Å². The van der Waals surface area contributed by atoms with E-state index in [9.17, 15) is 13.6 Å². The smallest absolute Gasteiger partial charge is 0.760 e. The maximum Gasteiger partial charge on any atom is 1.00 e. The number of rotatable bonds is 6. The van der Waals surface area contributed by atoms with E-state index in [0.717, 1.165) is 12.8 Å². The van der Waals surface area contributed by atoms with Gasteiger partial charge in [-0.2, -0.15) is 0 Å². The molecule has 0 saturated carbocycles. The molecule has 1 rings (SSSR count). The van der Waals surface area contributed by atoms with Crippen LogP contribution in [-0.4, -0.2) is 37.2 Å². The molecule has 1 aromatic rings. The van der Waals surface area contributed by atoms with Gasteiger partial charge in [0.1, 0.15) is 0 Å². The van der Waals surface area contributed by atoms with E-state index in [0.29, 0.717) is 18.7 Å². The van der Waals surface area contributed by atoms with Gasteiger partial charge in [0.05, 0.1) is 5.56 Å². The van der Waals surface area contributed by atoms with Crippen LogP contribution in [0, 0.1) is 0 Å². The Balaban J connectivity index is 0. The van der Waals surface area contributed by atoms with Gasteiger partial charge >= 0.3 is 57.4 Å². The van der Waals surface area contributed by atoms with Crippen molar-refractivity contribution in [2.75, 3.05) is 13.1 Å². The minimum atomic E-state index is -2.02. The predicted octanol–water partition coefficient (Wildman–Crippen LogP) is -0.709. The molecular weight excluding hydrogens is 305 g/mol. The van der Waals surface area contributed by atoms with Gasteiger partial charge in [-0.15, -0.1) is 0 Å². The van der Waals surface area contributed by atoms with Gasteiger partial charge in [0, 0.05) is 24.4 Å². The third-order valence-corrected chi connectivity index (χ3v) is 2.96. The van der Waals surface area contributed by atoms with E-state index in [1.54, 1.807) is 30.3 Å². The Hall–Kier alpha value is 0.396. The number of carboxylic acids is 1. The molecule has 0 heterocycles. The van der Waals surface area contributed by atoms with E-state index in [4.69, 9.17) is 5.11 Å². The molecule has 7 heteroatoms. The second-order valence-electron chi connectivity index (χ2n) is 3.82. The van der Waals surface area contributed by atoms with Gasteiger partial charge in [-0.25, -0.2) is 9.10 Å². The van der Waals surface area contributed by atoms with Gasteiger partial charge in [0.25, 0.3) is 0 Å². The molecule has 20 heavy (non-hydrogen) atoms. The summed E-state index contributed by atoms with van der Waals surface area (Å²) >= 11 is -2.02. The first-order valence-electron chi connectivity index (χ1n) is 6.15. The Morgan fingerprint density at radius 3 is 1.90 bits per heavy atom. The van der Waals surface area contributed by atoms with E-state index in [-0.39, 0.29) is 51.4 Å². The Morgan fingerprint density at radius 1 is 1.20 bits per heavy atom. The van der Waals surface area contributed by atoms with Crippen LogP contribution in [0.2, 0.25) is 0 Å². The molecular formula is C13H20KNO4S. The van der Waals surface area contributed by atoms with Gasteiger partial charge in [0.2, 0.25) is 0 Å². The summed E-state index contributed by atoms with van der Waals surface area (Å²) in [6.07, 6.45) is 1.77. The average molecular weight is 325 g/mol. The van der Waals surface area contributed by atoms with E-state index in [1.165, 1.54) is 4.31 Å². The first-order chi connectivity index (χ1) is 9.02. The Labute approximate surface area is 165 Å². The van der Waals surface area contributed by atoms with E-state index in [1.807, 2.05) is 13.8 Å². The van der Waals surface area contributed by atoms with Crippen molar-refractivity contribution < 1.29 is 70.0 Å². The first kappa shape index (κ1) is 22.7. The zero-order chi connectivity index (χ0) is 14.7. The minimum absolute atomic E-state index is 0. The molecule has 0 aliphatic rings. The fourth-order valence-corrected chi connectivity index (χ4v) is 2.00. The topological polar surface area (TPSA) is 80.7 Å². The van der Waals surface area contributed by atoms with Crippen LogP contribution in [0.1, 0.15) is 37.0 Å². The number of benzene rings is 1. The minimum Gasteiger partial charge on any atom is -0.760 e. The summed E-state index contributed by atoms with van der Waals surface area (Å²) in [5, 5.41) is 8.38. The van der Waals surface area contributed by atoms with Crippen LogP contribution in [0.25, 0.3) is 0 Å². The SMILES string of the molecule is CCCN(CCC)S(=O)[O-].O=C(O)c1ccccc1.[K+]. The molecule has 1 unspecified atom stereocenters. The second kappa shape index (κ2) is 14.3. The van der Waals surface area contributed by atoms with Crippen molar-refractivity contribution in [3.05, 3.63) is 35.9 Å². The molecule has 0 aromatic heterocycles. The largest absolute Gasteiger partial charge is 1.00 e. The van der Waals surface area contributed by atoms with Crippen molar-refractivity contribution >= 4 is 17.2 Å². The number of nitrogens with zero attached hydrogens (tertiary/aromatic N) is 1. The molecule has 1 aromatic carbocycles. The molecule has 108 valence electrons. The molecule has 5 nitrogen and oxygen atoms in total. The van der Waals surface area contributed by atoms with Crippen LogP contribution in [0.3, 0.4) is 0 Å². The molecule has 0 fully saturated rings.